The minimum absolute atomic E-state index is 0.559. The molecule has 0 saturated carbocycles. The first-order chi connectivity index (χ1) is 22.1. The second-order valence-electron chi connectivity index (χ2n) is 11.1. The number of aryl methyl sites for hydroxylation is 1. The molecule has 0 aliphatic carbocycles. The van der Waals surface area contributed by atoms with E-state index in [2.05, 4.69) is 0 Å². The smallest absolute Gasteiger partial charge is 0.303 e. The number of carbonyl (C=O) groups excluding carboxylic acids is 3. The van der Waals surface area contributed by atoms with Crippen LogP contribution in [0.15, 0.2) is 72.8 Å². The van der Waals surface area contributed by atoms with Gasteiger partial charge in [0.05, 0.1) is 19.8 Å². The molecule has 3 aromatic rings. The van der Waals surface area contributed by atoms with Crippen LogP contribution in [0.5, 0.6) is 5.75 Å². The Balaban J connectivity index is 1.43. The third-order valence-corrected chi connectivity index (χ3v) is 8.31. The lowest BCUT2D eigenvalue weighted by Crippen LogP contribution is -2.57. The van der Waals surface area contributed by atoms with Gasteiger partial charge in [0.2, 0.25) is 0 Å². The lowest BCUT2D eigenvalue weighted by atomic mass is 9.90. The molecule has 0 unspecified atom stereocenters. The number of hydrogen-bond acceptors (Lipinski definition) is 10. The fraction of sp³-hybridized carbons (Fsp3) is 0.417. The van der Waals surface area contributed by atoms with Gasteiger partial charge >= 0.3 is 17.9 Å². The number of carbonyl (C=O) groups is 3. The van der Waals surface area contributed by atoms with E-state index in [9.17, 15) is 14.4 Å². The molecule has 0 radical (unpaired) electrons. The third kappa shape index (κ3) is 10.1. The van der Waals surface area contributed by atoms with E-state index in [1.54, 1.807) is 0 Å². The molecule has 3 aromatic carbocycles. The van der Waals surface area contributed by atoms with Crippen molar-refractivity contribution >= 4 is 29.7 Å². The summed E-state index contributed by atoms with van der Waals surface area (Å²) in [7, 11) is 0. The van der Waals surface area contributed by atoms with Gasteiger partial charge in [-0.15, -0.1) is 11.8 Å². The molecule has 0 amide bonds. The van der Waals surface area contributed by atoms with Crippen molar-refractivity contribution in [3.05, 3.63) is 101 Å². The Morgan fingerprint density at radius 3 is 2.07 bits per heavy atom. The van der Waals surface area contributed by atoms with Crippen molar-refractivity contribution in [1.82, 2.24) is 0 Å². The van der Waals surface area contributed by atoms with E-state index < -0.39 is 47.8 Å². The van der Waals surface area contributed by atoms with Crippen molar-refractivity contribution in [2.24, 2.45) is 0 Å². The van der Waals surface area contributed by atoms with Crippen LogP contribution < -0.4 is 4.74 Å². The molecule has 46 heavy (non-hydrogen) atoms. The first-order valence-electron chi connectivity index (χ1n) is 15.3. The quantitative estimate of drug-likeness (QED) is 0.115. The number of rotatable bonds is 14. The first-order valence-corrected chi connectivity index (χ1v) is 16.6. The van der Waals surface area contributed by atoms with Gasteiger partial charge in [-0.3, -0.25) is 14.4 Å². The van der Waals surface area contributed by atoms with Gasteiger partial charge in [-0.25, -0.2) is 0 Å². The van der Waals surface area contributed by atoms with Gasteiger partial charge < -0.3 is 28.4 Å². The summed E-state index contributed by atoms with van der Waals surface area (Å²) in [6.07, 6.45) is -0.598. The molecule has 1 saturated heterocycles. The van der Waals surface area contributed by atoms with Crippen molar-refractivity contribution < 1.29 is 42.8 Å². The van der Waals surface area contributed by atoms with Crippen LogP contribution in [0.4, 0.5) is 0 Å². The topological polar surface area (TPSA) is 107 Å². The fourth-order valence-corrected chi connectivity index (χ4v) is 6.04. The van der Waals surface area contributed by atoms with Crippen LogP contribution in [-0.4, -0.2) is 61.1 Å². The Hall–Kier alpha value is -3.86. The van der Waals surface area contributed by atoms with E-state index in [1.165, 1.54) is 32.5 Å². The molecular formula is C36H42O9S. The summed E-state index contributed by atoms with van der Waals surface area (Å²) in [6.45, 7) is 7.60. The summed E-state index contributed by atoms with van der Waals surface area (Å²) in [6, 6.07) is 24.0. The molecular weight excluding hydrogens is 608 g/mol. The van der Waals surface area contributed by atoms with Gasteiger partial charge in [-0.1, -0.05) is 60.7 Å². The predicted molar refractivity (Wildman–Crippen MR) is 174 cm³/mol. The SMILES string of the molecule is CS[C@H]1O[C@@H](c2ccc(C)c(Cc3ccc(OCCCOCc4ccccc4)cc3)c2)[C@H](OC(C)=O)[C@@H](OC(C)=O)[C@@H]1OC(C)=O. The Kier molecular flexibility index (Phi) is 13.1. The zero-order valence-electron chi connectivity index (χ0n) is 26.9. The van der Waals surface area contributed by atoms with Crippen molar-refractivity contribution in [2.45, 2.75) is 77.0 Å². The maximum atomic E-state index is 12.2. The summed E-state index contributed by atoms with van der Waals surface area (Å²) in [5, 5.41) is 0. The lowest BCUT2D eigenvalue weighted by molar-refractivity contribution is -0.233. The molecule has 10 heteroatoms. The molecule has 0 spiro atoms. The molecule has 1 heterocycles. The molecule has 0 N–H and O–H groups in total. The van der Waals surface area contributed by atoms with Gasteiger partial charge in [0.15, 0.2) is 18.3 Å². The normalized spacial score (nSPS) is 20.8. The minimum Gasteiger partial charge on any atom is -0.494 e. The largest absolute Gasteiger partial charge is 0.494 e. The number of ether oxygens (including phenoxy) is 6. The van der Waals surface area contributed by atoms with Crippen LogP contribution in [-0.2, 0) is 51.1 Å². The molecule has 0 bridgehead atoms. The van der Waals surface area contributed by atoms with Crippen LogP contribution in [0.25, 0.3) is 0 Å². The summed E-state index contributed by atoms with van der Waals surface area (Å²) >= 11 is 1.32. The van der Waals surface area contributed by atoms with Crippen LogP contribution in [0.1, 0.15) is 61.1 Å². The van der Waals surface area contributed by atoms with Crippen molar-refractivity contribution in [3.8, 4) is 5.75 Å². The van der Waals surface area contributed by atoms with Gasteiger partial charge in [-0.05, 0) is 59.6 Å². The summed E-state index contributed by atoms with van der Waals surface area (Å²) in [5.41, 5.74) is 4.46. The molecule has 1 fully saturated rings. The summed E-state index contributed by atoms with van der Waals surface area (Å²) in [4.78, 5) is 36.3. The highest BCUT2D eigenvalue weighted by molar-refractivity contribution is 7.99. The van der Waals surface area contributed by atoms with E-state index >= 15 is 0 Å². The van der Waals surface area contributed by atoms with E-state index in [0.29, 0.717) is 26.2 Å². The minimum atomic E-state index is -1.06. The fourth-order valence-electron chi connectivity index (χ4n) is 5.33. The Labute approximate surface area is 274 Å². The van der Waals surface area contributed by atoms with E-state index in [1.807, 2.05) is 86.0 Å². The van der Waals surface area contributed by atoms with Crippen LogP contribution in [0.2, 0.25) is 0 Å². The van der Waals surface area contributed by atoms with E-state index in [-0.39, 0.29) is 0 Å². The molecule has 9 nitrogen and oxygen atoms in total. The van der Waals surface area contributed by atoms with Crippen molar-refractivity contribution in [2.75, 3.05) is 19.5 Å². The van der Waals surface area contributed by atoms with Gasteiger partial charge in [0.1, 0.15) is 17.3 Å². The molecule has 4 rings (SSSR count). The van der Waals surface area contributed by atoms with E-state index in [4.69, 9.17) is 28.4 Å². The predicted octanol–water partition coefficient (Wildman–Crippen LogP) is 6.13. The molecule has 5 atom stereocenters. The van der Waals surface area contributed by atoms with Crippen LogP contribution in [0, 0.1) is 6.92 Å². The maximum Gasteiger partial charge on any atom is 0.303 e. The van der Waals surface area contributed by atoms with Gasteiger partial charge in [0, 0.05) is 27.2 Å². The monoisotopic (exact) mass is 650 g/mol. The Morgan fingerprint density at radius 1 is 0.761 bits per heavy atom. The van der Waals surface area contributed by atoms with Gasteiger partial charge in [0.25, 0.3) is 0 Å². The number of benzene rings is 3. The number of hydrogen-bond donors (Lipinski definition) is 0. The van der Waals surface area contributed by atoms with Crippen molar-refractivity contribution in [1.29, 1.82) is 0 Å². The van der Waals surface area contributed by atoms with Crippen molar-refractivity contribution in [3.63, 3.8) is 0 Å². The van der Waals surface area contributed by atoms with Crippen LogP contribution in [0.3, 0.4) is 0 Å². The zero-order chi connectivity index (χ0) is 33.1. The van der Waals surface area contributed by atoms with E-state index in [0.717, 1.165) is 40.0 Å². The first kappa shape index (κ1) is 35.0. The lowest BCUT2D eigenvalue weighted by Gasteiger charge is -2.44. The molecule has 1 aliphatic rings. The summed E-state index contributed by atoms with van der Waals surface area (Å²) in [5.74, 6) is -0.937. The second kappa shape index (κ2) is 17.2. The number of esters is 3. The third-order valence-electron chi connectivity index (χ3n) is 7.47. The average Bonchev–Trinajstić information content (AvgIpc) is 3.02. The molecule has 0 aromatic heterocycles. The Morgan fingerprint density at radius 2 is 1.41 bits per heavy atom. The second-order valence-corrected chi connectivity index (χ2v) is 12.1. The average molecular weight is 651 g/mol. The molecule has 1 aliphatic heterocycles. The maximum absolute atomic E-state index is 12.2. The number of thioether (sulfide) groups is 1. The highest BCUT2D eigenvalue weighted by Gasteiger charge is 2.52. The zero-order valence-corrected chi connectivity index (χ0v) is 27.7. The van der Waals surface area contributed by atoms with Crippen LogP contribution >= 0.6 is 11.8 Å². The highest BCUT2D eigenvalue weighted by Crippen LogP contribution is 2.41. The summed E-state index contributed by atoms with van der Waals surface area (Å²) < 4.78 is 34.9. The Bertz CT molecular complexity index is 1440. The standard InChI is InChI=1S/C36H42O9S/c1-23-12-15-29(32-33(42-24(2)37)34(43-25(3)38)35(44-26(4)39)36(45-32)46-5)21-30(23)20-27-13-16-31(17-14-27)41-19-9-18-40-22-28-10-7-6-8-11-28/h6-8,10-17,21,32-36H,9,18-20,22H2,1-5H3/t32-,33-,34+,35-,36+/m0/s1. The molecule has 246 valence electrons. The highest BCUT2D eigenvalue weighted by atomic mass is 32.2. The van der Waals surface area contributed by atoms with Gasteiger partial charge in [-0.2, -0.15) is 0 Å².